The second-order valence-corrected chi connectivity index (χ2v) is 7.83. The number of ether oxygens (including phenoxy) is 1. The van der Waals surface area contributed by atoms with Crippen LogP contribution in [0.3, 0.4) is 0 Å². The van der Waals surface area contributed by atoms with E-state index in [2.05, 4.69) is 21.2 Å². The Labute approximate surface area is 183 Å². The number of imide groups is 1. The maximum Gasteiger partial charge on any atom is 0.294 e. The largest absolute Gasteiger partial charge is 0.496 e. The van der Waals surface area contributed by atoms with Crippen LogP contribution in [0.4, 0.5) is 16.2 Å². The lowest BCUT2D eigenvalue weighted by Gasteiger charge is -2.13. The number of carbonyl (C=O) groups is 3. The van der Waals surface area contributed by atoms with Crippen LogP contribution in [-0.4, -0.2) is 40.5 Å². The molecule has 1 fully saturated rings. The van der Waals surface area contributed by atoms with Crippen molar-refractivity contribution in [1.29, 1.82) is 0 Å². The minimum absolute atomic E-state index is 0.0347. The van der Waals surface area contributed by atoms with E-state index in [-0.39, 0.29) is 16.2 Å². The molecule has 154 valence electrons. The van der Waals surface area contributed by atoms with E-state index in [1.807, 2.05) is 0 Å². The van der Waals surface area contributed by atoms with Crippen molar-refractivity contribution >= 4 is 62.2 Å². The first-order valence-electron chi connectivity index (χ1n) is 8.42. The van der Waals surface area contributed by atoms with Gasteiger partial charge in [0.25, 0.3) is 16.8 Å². The summed E-state index contributed by atoms with van der Waals surface area (Å²) >= 11 is 3.95. The van der Waals surface area contributed by atoms with E-state index in [0.717, 1.165) is 4.90 Å². The Morgan fingerprint density at radius 2 is 2.03 bits per heavy atom. The van der Waals surface area contributed by atoms with Crippen molar-refractivity contribution in [3.05, 3.63) is 67.5 Å². The summed E-state index contributed by atoms with van der Waals surface area (Å²) in [6.07, 6.45) is 1.34. The summed E-state index contributed by atoms with van der Waals surface area (Å²) in [6, 6.07) is 10.8. The number of rotatable bonds is 6. The maximum absolute atomic E-state index is 12.6. The normalized spacial score (nSPS) is 14.9. The molecular formula is C19H14BrN3O6S. The van der Waals surface area contributed by atoms with E-state index in [1.54, 1.807) is 24.3 Å². The molecule has 3 rings (SSSR count). The predicted octanol–water partition coefficient (Wildman–Crippen LogP) is 4.04. The van der Waals surface area contributed by atoms with Gasteiger partial charge in [-0.25, -0.2) is 0 Å². The molecule has 0 aliphatic carbocycles. The molecular weight excluding hydrogens is 478 g/mol. The number of amides is 3. The van der Waals surface area contributed by atoms with Gasteiger partial charge in [0.1, 0.15) is 12.3 Å². The summed E-state index contributed by atoms with van der Waals surface area (Å²) in [5, 5.41) is 13.0. The van der Waals surface area contributed by atoms with Gasteiger partial charge in [0, 0.05) is 22.2 Å². The highest BCUT2D eigenvalue weighted by Crippen LogP contribution is 2.35. The summed E-state index contributed by atoms with van der Waals surface area (Å²) < 4.78 is 5.82. The van der Waals surface area contributed by atoms with Crippen molar-refractivity contribution in [2.45, 2.75) is 0 Å². The fourth-order valence-electron chi connectivity index (χ4n) is 2.62. The van der Waals surface area contributed by atoms with E-state index in [1.165, 1.54) is 31.4 Å². The molecule has 0 saturated carbocycles. The molecule has 30 heavy (non-hydrogen) atoms. The molecule has 0 bridgehead atoms. The average molecular weight is 492 g/mol. The zero-order valence-corrected chi connectivity index (χ0v) is 17.9. The molecule has 1 aliphatic heterocycles. The highest BCUT2D eigenvalue weighted by atomic mass is 79.9. The second-order valence-electron chi connectivity index (χ2n) is 5.98. The highest BCUT2D eigenvalue weighted by Gasteiger charge is 2.36. The third-order valence-electron chi connectivity index (χ3n) is 4.03. The van der Waals surface area contributed by atoms with Gasteiger partial charge in [0.2, 0.25) is 5.91 Å². The van der Waals surface area contributed by atoms with Crippen LogP contribution in [0.15, 0.2) is 51.8 Å². The minimum atomic E-state index is -0.666. The van der Waals surface area contributed by atoms with Gasteiger partial charge in [-0.05, 0) is 52.0 Å². The summed E-state index contributed by atoms with van der Waals surface area (Å²) in [5.74, 6) is -0.904. The number of hydrogen-bond acceptors (Lipinski definition) is 7. The first-order valence-corrected chi connectivity index (χ1v) is 10.0. The molecule has 1 saturated heterocycles. The van der Waals surface area contributed by atoms with Gasteiger partial charge in [-0.2, -0.15) is 0 Å². The topological polar surface area (TPSA) is 119 Å². The number of hydrogen-bond donors (Lipinski definition) is 1. The van der Waals surface area contributed by atoms with Gasteiger partial charge in [0.05, 0.1) is 22.6 Å². The van der Waals surface area contributed by atoms with Crippen LogP contribution in [-0.2, 0) is 9.59 Å². The SMILES string of the molecule is COc1ccc([N+](=O)[O-])cc1/C=C1/SC(=O)N(CC(=O)Nc2ccccc2Br)C1=O. The molecule has 0 radical (unpaired) electrons. The summed E-state index contributed by atoms with van der Waals surface area (Å²) in [4.78, 5) is 48.5. The Morgan fingerprint density at radius 3 is 2.70 bits per heavy atom. The van der Waals surface area contributed by atoms with E-state index < -0.39 is 28.5 Å². The Morgan fingerprint density at radius 1 is 1.30 bits per heavy atom. The number of carbonyl (C=O) groups excluding carboxylic acids is 3. The van der Waals surface area contributed by atoms with Crippen LogP contribution in [0, 0.1) is 10.1 Å². The van der Waals surface area contributed by atoms with Gasteiger partial charge in [-0.1, -0.05) is 12.1 Å². The Balaban J connectivity index is 1.79. The van der Waals surface area contributed by atoms with Crippen LogP contribution < -0.4 is 10.1 Å². The number of halogens is 1. The van der Waals surface area contributed by atoms with Crippen LogP contribution in [0.1, 0.15) is 5.56 Å². The third kappa shape index (κ3) is 4.69. The molecule has 0 unspecified atom stereocenters. The predicted molar refractivity (Wildman–Crippen MR) is 115 cm³/mol. The van der Waals surface area contributed by atoms with Gasteiger partial charge < -0.3 is 10.1 Å². The van der Waals surface area contributed by atoms with E-state index in [4.69, 9.17) is 4.74 Å². The summed E-state index contributed by atoms with van der Waals surface area (Å²) in [5.41, 5.74) is 0.593. The minimum Gasteiger partial charge on any atom is -0.496 e. The van der Waals surface area contributed by atoms with Gasteiger partial charge in [-0.15, -0.1) is 0 Å². The number of non-ortho nitro benzene ring substituents is 1. The number of nitrogens with one attached hydrogen (secondary N) is 1. The molecule has 0 aromatic heterocycles. The maximum atomic E-state index is 12.6. The lowest BCUT2D eigenvalue weighted by molar-refractivity contribution is -0.384. The number of nitro groups is 1. The lowest BCUT2D eigenvalue weighted by atomic mass is 10.1. The second kappa shape index (κ2) is 9.09. The molecule has 1 N–H and O–H groups in total. The van der Waals surface area contributed by atoms with Gasteiger partial charge >= 0.3 is 0 Å². The summed E-state index contributed by atoms with van der Waals surface area (Å²) in [6.45, 7) is -0.463. The molecule has 9 nitrogen and oxygen atoms in total. The highest BCUT2D eigenvalue weighted by molar-refractivity contribution is 9.10. The monoisotopic (exact) mass is 491 g/mol. The quantitative estimate of drug-likeness (QED) is 0.367. The molecule has 1 heterocycles. The van der Waals surface area contributed by atoms with E-state index >= 15 is 0 Å². The molecule has 11 heteroatoms. The number of anilines is 1. The first-order chi connectivity index (χ1) is 14.3. The number of methoxy groups -OCH3 is 1. The van der Waals surface area contributed by atoms with Crippen molar-refractivity contribution in [2.75, 3.05) is 19.0 Å². The lowest BCUT2D eigenvalue weighted by Crippen LogP contribution is -2.36. The molecule has 0 atom stereocenters. The molecule has 1 aliphatic rings. The summed E-state index contributed by atoms with van der Waals surface area (Å²) in [7, 11) is 1.39. The zero-order chi connectivity index (χ0) is 21.8. The van der Waals surface area contributed by atoms with E-state index in [9.17, 15) is 24.5 Å². The van der Waals surface area contributed by atoms with Crippen LogP contribution in [0.2, 0.25) is 0 Å². The van der Waals surface area contributed by atoms with Crippen LogP contribution in [0.5, 0.6) is 5.75 Å². The zero-order valence-electron chi connectivity index (χ0n) is 15.5. The number of para-hydroxylation sites is 1. The molecule has 2 aromatic carbocycles. The van der Waals surface area contributed by atoms with Crippen molar-refractivity contribution in [2.24, 2.45) is 0 Å². The standard InChI is InChI=1S/C19H14BrN3O6S/c1-29-15-7-6-12(23(27)28)8-11(15)9-16-18(25)22(19(26)30-16)10-17(24)21-14-5-3-2-4-13(14)20/h2-9H,10H2,1H3,(H,21,24)/b16-9+. The third-order valence-corrected chi connectivity index (χ3v) is 5.63. The first kappa shape index (κ1) is 21.5. The number of nitrogens with zero attached hydrogens (tertiary/aromatic N) is 2. The van der Waals surface area contributed by atoms with Gasteiger partial charge in [-0.3, -0.25) is 29.4 Å². The Hall–Kier alpha value is -3.18. The van der Waals surface area contributed by atoms with Crippen molar-refractivity contribution in [3.63, 3.8) is 0 Å². The Bertz CT molecular complexity index is 1090. The fourth-order valence-corrected chi connectivity index (χ4v) is 3.83. The molecule has 3 amide bonds. The smallest absolute Gasteiger partial charge is 0.294 e. The van der Waals surface area contributed by atoms with E-state index in [0.29, 0.717) is 27.7 Å². The van der Waals surface area contributed by atoms with Crippen LogP contribution >= 0.6 is 27.7 Å². The fraction of sp³-hybridized carbons (Fsp3) is 0.105. The van der Waals surface area contributed by atoms with Crippen LogP contribution in [0.25, 0.3) is 6.08 Å². The van der Waals surface area contributed by atoms with Crippen molar-refractivity contribution in [1.82, 2.24) is 4.90 Å². The average Bonchev–Trinajstić information content (AvgIpc) is 2.97. The van der Waals surface area contributed by atoms with Crippen molar-refractivity contribution in [3.8, 4) is 5.75 Å². The number of thioether (sulfide) groups is 1. The molecule has 0 spiro atoms. The van der Waals surface area contributed by atoms with Gasteiger partial charge in [0.15, 0.2) is 0 Å². The number of nitro benzene ring substituents is 1. The number of benzene rings is 2. The Kier molecular flexibility index (Phi) is 6.53. The molecule has 2 aromatic rings. The van der Waals surface area contributed by atoms with Crippen molar-refractivity contribution < 1.29 is 24.0 Å².